The van der Waals surface area contributed by atoms with Gasteiger partial charge in [-0.05, 0) is 32.9 Å². The van der Waals surface area contributed by atoms with Crippen molar-refractivity contribution in [2.45, 2.75) is 32.1 Å². The lowest BCUT2D eigenvalue weighted by molar-refractivity contribution is -0.146. The van der Waals surface area contributed by atoms with Crippen LogP contribution in [-0.4, -0.2) is 42.4 Å². The number of aromatic nitrogens is 2. The standard InChI is InChI=1S/C18H23N3O5S/c1-12-5-7-15(8-6-12)27(24,25)10-9-17(23)26-11-16(22)19-18-13(2)20-21(4)14(18)3/h5-8H,9-11H2,1-4H3,(H,19,22). The molecule has 0 aliphatic rings. The number of sulfone groups is 1. The van der Waals surface area contributed by atoms with Gasteiger partial charge >= 0.3 is 5.97 Å². The van der Waals surface area contributed by atoms with Crippen molar-refractivity contribution in [2.24, 2.45) is 7.05 Å². The maximum atomic E-state index is 12.2. The van der Waals surface area contributed by atoms with Gasteiger partial charge in [-0.3, -0.25) is 14.3 Å². The maximum Gasteiger partial charge on any atom is 0.307 e. The Labute approximate surface area is 158 Å². The highest BCUT2D eigenvalue weighted by molar-refractivity contribution is 7.91. The van der Waals surface area contributed by atoms with Crippen LogP contribution in [0, 0.1) is 20.8 Å². The zero-order valence-electron chi connectivity index (χ0n) is 15.8. The third-order valence-electron chi connectivity index (χ3n) is 4.09. The number of rotatable bonds is 7. The molecule has 0 spiro atoms. The lowest BCUT2D eigenvalue weighted by atomic mass is 10.2. The number of hydrogen-bond acceptors (Lipinski definition) is 6. The average Bonchev–Trinajstić information content (AvgIpc) is 2.85. The van der Waals surface area contributed by atoms with Gasteiger partial charge in [-0.25, -0.2) is 8.42 Å². The van der Waals surface area contributed by atoms with E-state index in [2.05, 4.69) is 10.4 Å². The van der Waals surface area contributed by atoms with Crippen LogP contribution in [0.1, 0.15) is 23.4 Å². The first kappa shape index (κ1) is 20.6. The van der Waals surface area contributed by atoms with Crippen LogP contribution in [0.4, 0.5) is 5.69 Å². The Morgan fingerprint density at radius 3 is 2.33 bits per heavy atom. The molecule has 1 aromatic heterocycles. The zero-order chi connectivity index (χ0) is 20.2. The average molecular weight is 393 g/mol. The fourth-order valence-corrected chi connectivity index (χ4v) is 3.65. The summed E-state index contributed by atoms with van der Waals surface area (Å²) in [6, 6.07) is 6.39. The number of carbonyl (C=O) groups excluding carboxylic acids is 2. The van der Waals surface area contributed by atoms with Crippen molar-refractivity contribution in [2.75, 3.05) is 17.7 Å². The SMILES string of the molecule is Cc1ccc(S(=O)(=O)CCC(=O)OCC(=O)Nc2c(C)nn(C)c2C)cc1. The number of anilines is 1. The molecule has 0 saturated heterocycles. The fraction of sp³-hybridized carbons (Fsp3) is 0.389. The van der Waals surface area contributed by atoms with Gasteiger partial charge in [-0.1, -0.05) is 17.7 Å². The summed E-state index contributed by atoms with van der Waals surface area (Å²) in [6.45, 7) is 4.92. The van der Waals surface area contributed by atoms with Gasteiger partial charge < -0.3 is 10.1 Å². The summed E-state index contributed by atoms with van der Waals surface area (Å²) in [7, 11) is -1.82. The number of nitrogens with zero attached hydrogens (tertiary/aromatic N) is 2. The molecule has 0 fully saturated rings. The maximum absolute atomic E-state index is 12.2. The molecule has 2 rings (SSSR count). The molecule has 2 aromatic rings. The molecule has 8 nitrogen and oxygen atoms in total. The third-order valence-corrected chi connectivity index (χ3v) is 5.82. The van der Waals surface area contributed by atoms with E-state index in [9.17, 15) is 18.0 Å². The van der Waals surface area contributed by atoms with Crippen molar-refractivity contribution in [3.8, 4) is 0 Å². The lowest BCUT2D eigenvalue weighted by Crippen LogP contribution is -2.22. The van der Waals surface area contributed by atoms with E-state index in [0.717, 1.165) is 11.3 Å². The highest BCUT2D eigenvalue weighted by Crippen LogP contribution is 2.18. The molecule has 9 heteroatoms. The lowest BCUT2D eigenvalue weighted by Gasteiger charge is -2.08. The van der Waals surface area contributed by atoms with Crippen LogP contribution in [0.2, 0.25) is 0 Å². The van der Waals surface area contributed by atoms with Gasteiger partial charge in [-0.15, -0.1) is 0 Å². The summed E-state index contributed by atoms with van der Waals surface area (Å²) in [5, 5.41) is 6.82. The molecular formula is C18H23N3O5S. The molecule has 1 heterocycles. The second-order valence-electron chi connectivity index (χ2n) is 6.26. The highest BCUT2D eigenvalue weighted by atomic mass is 32.2. The van der Waals surface area contributed by atoms with E-state index in [1.807, 2.05) is 6.92 Å². The summed E-state index contributed by atoms with van der Waals surface area (Å²) in [4.78, 5) is 23.9. The highest BCUT2D eigenvalue weighted by Gasteiger charge is 2.18. The Morgan fingerprint density at radius 2 is 1.78 bits per heavy atom. The van der Waals surface area contributed by atoms with Crippen molar-refractivity contribution in [3.63, 3.8) is 0 Å². The number of ether oxygens (including phenoxy) is 1. The van der Waals surface area contributed by atoms with E-state index in [1.165, 1.54) is 12.1 Å². The van der Waals surface area contributed by atoms with Crippen LogP contribution in [0.5, 0.6) is 0 Å². The minimum absolute atomic E-state index is 0.154. The molecular weight excluding hydrogens is 370 g/mol. The van der Waals surface area contributed by atoms with Gasteiger partial charge in [0.15, 0.2) is 16.4 Å². The van der Waals surface area contributed by atoms with Gasteiger partial charge in [0.1, 0.15) is 0 Å². The van der Waals surface area contributed by atoms with Crippen LogP contribution in [0.3, 0.4) is 0 Å². The van der Waals surface area contributed by atoms with Crippen molar-refractivity contribution >= 4 is 27.4 Å². The van der Waals surface area contributed by atoms with E-state index in [-0.39, 0.29) is 17.1 Å². The smallest absolute Gasteiger partial charge is 0.307 e. The van der Waals surface area contributed by atoms with Crippen LogP contribution in [0.25, 0.3) is 0 Å². The minimum Gasteiger partial charge on any atom is -0.456 e. The van der Waals surface area contributed by atoms with E-state index in [4.69, 9.17) is 4.74 Å². The number of hydrogen-bond donors (Lipinski definition) is 1. The molecule has 0 aliphatic carbocycles. The number of amides is 1. The molecule has 27 heavy (non-hydrogen) atoms. The second kappa shape index (κ2) is 8.34. The van der Waals surface area contributed by atoms with Crippen molar-refractivity contribution < 1.29 is 22.7 Å². The van der Waals surface area contributed by atoms with Gasteiger partial charge in [0.2, 0.25) is 0 Å². The van der Waals surface area contributed by atoms with Crippen LogP contribution in [0.15, 0.2) is 29.2 Å². The number of nitrogens with one attached hydrogen (secondary N) is 1. The van der Waals surface area contributed by atoms with Gasteiger partial charge in [0.05, 0.1) is 34.1 Å². The predicted molar refractivity (Wildman–Crippen MR) is 100 cm³/mol. The van der Waals surface area contributed by atoms with Crippen LogP contribution in [-0.2, 0) is 31.2 Å². The molecule has 0 aliphatic heterocycles. The Bertz CT molecular complexity index is 946. The Hall–Kier alpha value is -2.68. The number of aryl methyl sites for hydroxylation is 3. The fourth-order valence-electron chi connectivity index (χ4n) is 2.43. The molecule has 1 aromatic carbocycles. The van der Waals surface area contributed by atoms with E-state index in [1.54, 1.807) is 37.7 Å². The predicted octanol–water partition coefficient (Wildman–Crippen LogP) is 1.69. The molecule has 0 unspecified atom stereocenters. The molecule has 0 atom stereocenters. The monoisotopic (exact) mass is 393 g/mol. The van der Waals surface area contributed by atoms with Gasteiger partial charge in [0, 0.05) is 7.05 Å². The molecule has 1 amide bonds. The molecule has 1 N–H and O–H groups in total. The van der Waals surface area contributed by atoms with Gasteiger partial charge in [0.25, 0.3) is 5.91 Å². The molecule has 0 saturated carbocycles. The molecule has 146 valence electrons. The van der Waals surface area contributed by atoms with Crippen LogP contribution < -0.4 is 5.32 Å². The summed E-state index contributed by atoms with van der Waals surface area (Å²) in [5.74, 6) is -1.64. The van der Waals surface area contributed by atoms with Crippen molar-refractivity contribution in [1.29, 1.82) is 0 Å². The zero-order valence-corrected chi connectivity index (χ0v) is 16.6. The summed E-state index contributed by atoms with van der Waals surface area (Å²) in [5.41, 5.74) is 2.94. The Balaban J connectivity index is 1.83. The second-order valence-corrected chi connectivity index (χ2v) is 8.37. The molecule has 0 bridgehead atoms. The van der Waals surface area contributed by atoms with Crippen molar-refractivity contribution in [1.82, 2.24) is 9.78 Å². The minimum atomic E-state index is -3.58. The van der Waals surface area contributed by atoms with Crippen molar-refractivity contribution in [3.05, 3.63) is 41.2 Å². The largest absolute Gasteiger partial charge is 0.456 e. The first-order valence-electron chi connectivity index (χ1n) is 8.35. The quantitative estimate of drug-likeness (QED) is 0.718. The normalized spacial score (nSPS) is 11.3. The Morgan fingerprint density at radius 1 is 1.15 bits per heavy atom. The van der Waals surface area contributed by atoms with E-state index >= 15 is 0 Å². The summed E-state index contributed by atoms with van der Waals surface area (Å²) < 4.78 is 30.9. The summed E-state index contributed by atoms with van der Waals surface area (Å²) in [6.07, 6.45) is -0.325. The number of benzene rings is 1. The van der Waals surface area contributed by atoms with E-state index in [0.29, 0.717) is 11.4 Å². The van der Waals surface area contributed by atoms with Gasteiger partial charge in [-0.2, -0.15) is 5.10 Å². The summed E-state index contributed by atoms with van der Waals surface area (Å²) >= 11 is 0. The van der Waals surface area contributed by atoms with E-state index < -0.39 is 28.3 Å². The first-order chi connectivity index (χ1) is 12.6. The first-order valence-corrected chi connectivity index (χ1v) is 10.0. The topological polar surface area (TPSA) is 107 Å². The number of carbonyl (C=O) groups is 2. The van der Waals surface area contributed by atoms with Crippen LogP contribution >= 0.6 is 0 Å². The third kappa shape index (κ3) is 5.40. The number of esters is 1. The molecule has 0 radical (unpaired) electrons. The Kier molecular flexibility index (Phi) is 6.37.